The number of benzene rings is 2. The molecule has 7 heteroatoms. The van der Waals surface area contributed by atoms with Crippen molar-refractivity contribution in [2.45, 2.75) is 25.3 Å². The second kappa shape index (κ2) is 9.27. The number of amides is 2. The summed E-state index contributed by atoms with van der Waals surface area (Å²) >= 11 is 0. The molecule has 2 aromatic carbocycles. The van der Waals surface area contributed by atoms with E-state index in [9.17, 15) is 14.0 Å². The number of piperidine rings is 1. The fourth-order valence-corrected chi connectivity index (χ4v) is 4.57. The Labute approximate surface area is 197 Å². The topological polar surface area (TPSA) is 74.6 Å². The molecule has 2 aliphatic rings. The minimum absolute atomic E-state index is 0.110. The number of halogens is 1. The van der Waals surface area contributed by atoms with E-state index in [2.05, 4.69) is 22.6 Å². The zero-order valence-electron chi connectivity index (χ0n) is 18.9. The first-order chi connectivity index (χ1) is 16.5. The summed E-state index contributed by atoms with van der Waals surface area (Å²) in [5, 5.41) is 5.73. The van der Waals surface area contributed by atoms with Crippen LogP contribution in [-0.4, -0.2) is 42.9 Å². The number of nitrogens with one attached hydrogen (secondary N) is 2. The van der Waals surface area contributed by atoms with Crippen LogP contribution in [-0.2, 0) is 4.79 Å². The molecule has 2 N–H and O–H groups in total. The van der Waals surface area contributed by atoms with Gasteiger partial charge in [0.25, 0.3) is 11.8 Å². The van der Waals surface area contributed by atoms with E-state index in [1.165, 1.54) is 25.0 Å². The van der Waals surface area contributed by atoms with Crippen molar-refractivity contribution >= 4 is 29.2 Å². The fourth-order valence-electron chi connectivity index (χ4n) is 4.57. The molecule has 1 fully saturated rings. The number of carbonyl (C=O) groups excluding carboxylic acids is 2. The zero-order chi connectivity index (χ0) is 23.7. The number of rotatable bonds is 5. The van der Waals surface area contributed by atoms with Crippen molar-refractivity contribution in [1.82, 2.24) is 10.2 Å². The van der Waals surface area contributed by atoms with Gasteiger partial charge in [-0.15, -0.1) is 0 Å². The maximum Gasteiger partial charge on any atom is 0.256 e. The molecule has 0 aliphatic carbocycles. The van der Waals surface area contributed by atoms with Gasteiger partial charge < -0.3 is 20.0 Å². The summed E-state index contributed by atoms with van der Waals surface area (Å²) in [7, 11) is 2.10. The highest BCUT2D eigenvalue weighted by Gasteiger charge is 2.25. The van der Waals surface area contributed by atoms with Gasteiger partial charge in [-0.3, -0.25) is 9.59 Å². The van der Waals surface area contributed by atoms with E-state index in [1.54, 1.807) is 36.4 Å². The van der Waals surface area contributed by atoms with E-state index >= 15 is 0 Å². The van der Waals surface area contributed by atoms with Crippen molar-refractivity contribution in [3.63, 3.8) is 0 Å². The molecule has 174 valence electrons. The van der Waals surface area contributed by atoms with Gasteiger partial charge in [-0.1, -0.05) is 18.6 Å². The highest BCUT2D eigenvalue weighted by molar-refractivity contribution is 6.34. The second-order valence-corrected chi connectivity index (χ2v) is 8.83. The van der Waals surface area contributed by atoms with E-state index in [0.717, 1.165) is 18.5 Å². The molecule has 0 radical (unpaired) electrons. The molecule has 3 heterocycles. The van der Waals surface area contributed by atoms with Crippen LogP contribution in [0.15, 0.2) is 59.0 Å². The van der Waals surface area contributed by atoms with Gasteiger partial charge in [0.1, 0.15) is 17.3 Å². The Morgan fingerprint density at radius 1 is 1.21 bits per heavy atom. The summed E-state index contributed by atoms with van der Waals surface area (Å²) in [4.78, 5) is 27.4. The van der Waals surface area contributed by atoms with Crippen molar-refractivity contribution in [2.75, 3.05) is 25.5 Å². The molecule has 34 heavy (non-hydrogen) atoms. The van der Waals surface area contributed by atoms with Crippen LogP contribution in [0.1, 0.15) is 40.9 Å². The molecule has 0 saturated carbocycles. The van der Waals surface area contributed by atoms with Crippen LogP contribution >= 0.6 is 0 Å². The molecule has 1 aromatic heterocycles. The lowest BCUT2D eigenvalue weighted by Gasteiger charge is -2.32. The van der Waals surface area contributed by atoms with Gasteiger partial charge in [0.15, 0.2) is 0 Å². The number of anilines is 1. The number of fused-ring (bicyclic) bond motifs is 1. The van der Waals surface area contributed by atoms with Gasteiger partial charge >= 0.3 is 0 Å². The second-order valence-electron chi connectivity index (χ2n) is 8.83. The molecular formula is C27H26FN3O3. The van der Waals surface area contributed by atoms with Crippen molar-refractivity contribution in [3.05, 3.63) is 77.3 Å². The van der Waals surface area contributed by atoms with Crippen molar-refractivity contribution in [3.8, 4) is 11.3 Å². The average Bonchev–Trinajstić information content (AvgIpc) is 3.43. The summed E-state index contributed by atoms with van der Waals surface area (Å²) in [5.74, 6) is 0.260. The molecule has 0 spiro atoms. The molecule has 0 bridgehead atoms. The van der Waals surface area contributed by atoms with Gasteiger partial charge in [0, 0.05) is 29.3 Å². The van der Waals surface area contributed by atoms with E-state index in [0.29, 0.717) is 46.5 Å². The third kappa shape index (κ3) is 4.52. The quantitative estimate of drug-likeness (QED) is 0.538. The Hall–Kier alpha value is -3.71. The summed E-state index contributed by atoms with van der Waals surface area (Å²) in [5.41, 5.74) is 2.83. The molecule has 2 amide bonds. The third-order valence-electron chi connectivity index (χ3n) is 6.51. The molecule has 5 rings (SSSR count). The largest absolute Gasteiger partial charge is 0.457 e. The lowest BCUT2D eigenvalue weighted by molar-refractivity contribution is -0.110. The summed E-state index contributed by atoms with van der Waals surface area (Å²) < 4.78 is 19.4. The SMILES string of the molecule is CN1CCCCC1CNC(=O)c1cccc(-c2ccc(C=C3C(=O)Nc4cc(F)ccc43)o2)c1. The highest BCUT2D eigenvalue weighted by Crippen LogP contribution is 2.34. The van der Waals surface area contributed by atoms with Crippen LogP contribution < -0.4 is 10.6 Å². The average molecular weight is 460 g/mol. The first-order valence-electron chi connectivity index (χ1n) is 11.5. The van der Waals surface area contributed by atoms with Crippen LogP contribution in [0.2, 0.25) is 0 Å². The standard InChI is InChI=1S/C27H26FN3O3/c1-31-12-3-2-7-20(31)16-29-26(32)18-6-4-5-17(13-18)25-11-9-21(34-25)15-23-22-10-8-19(28)14-24(22)30-27(23)33/h4-6,8-11,13-15,20H,2-3,7,12,16H2,1H3,(H,29,32)(H,30,33). The van der Waals surface area contributed by atoms with Crippen LogP contribution in [0.4, 0.5) is 10.1 Å². The van der Waals surface area contributed by atoms with Crippen molar-refractivity contribution in [1.29, 1.82) is 0 Å². The number of nitrogens with zero attached hydrogens (tertiary/aromatic N) is 1. The smallest absolute Gasteiger partial charge is 0.256 e. The number of hydrogen-bond donors (Lipinski definition) is 2. The van der Waals surface area contributed by atoms with Crippen molar-refractivity contribution < 1.29 is 18.4 Å². The molecule has 1 saturated heterocycles. The Morgan fingerprint density at radius 2 is 2.09 bits per heavy atom. The number of likely N-dealkylation sites (tertiary alicyclic amines) is 1. The monoisotopic (exact) mass is 459 g/mol. The Bertz CT molecular complexity index is 1280. The summed E-state index contributed by atoms with van der Waals surface area (Å²) in [6.07, 6.45) is 5.14. The van der Waals surface area contributed by atoms with Crippen LogP contribution in [0, 0.1) is 5.82 Å². The Morgan fingerprint density at radius 3 is 2.94 bits per heavy atom. The van der Waals surface area contributed by atoms with Gasteiger partial charge in [-0.2, -0.15) is 0 Å². The van der Waals surface area contributed by atoms with Gasteiger partial charge in [0.2, 0.25) is 0 Å². The minimum atomic E-state index is -0.407. The van der Waals surface area contributed by atoms with Gasteiger partial charge in [-0.05, 0) is 75.0 Å². The molecule has 1 unspecified atom stereocenters. The first kappa shape index (κ1) is 22.1. The number of carbonyl (C=O) groups is 2. The highest BCUT2D eigenvalue weighted by atomic mass is 19.1. The lowest BCUT2D eigenvalue weighted by Crippen LogP contribution is -2.44. The van der Waals surface area contributed by atoms with Crippen LogP contribution in [0.25, 0.3) is 23.0 Å². The van der Waals surface area contributed by atoms with E-state index in [1.807, 2.05) is 12.1 Å². The molecule has 1 atom stereocenters. The van der Waals surface area contributed by atoms with Crippen LogP contribution in [0.5, 0.6) is 0 Å². The minimum Gasteiger partial charge on any atom is -0.457 e. The fraction of sp³-hybridized carbons (Fsp3) is 0.259. The Balaban J connectivity index is 1.31. The van der Waals surface area contributed by atoms with Gasteiger partial charge in [0.05, 0.1) is 11.3 Å². The maximum atomic E-state index is 13.5. The van der Waals surface area contributed by atoms with E-state index in [-0.39, 0.29) is 11.8 Å². The zero-order valence-corrected chi connectivity index (χ0v) is 18.9. The molecule has 3 aromatic rings. The number of likely N-dealkylation sites (N-methyl/N-ethyl adjacent to an activating group) is 1. The summed E-state index contributed by atoms with van der Waals surface area (Å²) in [6, 6.07) is 15.4. The lowest BCUT2D eigenvalue weighted by atomic mass is 10.0. The molecule has 2 aliphatic heterocycles. The number of hydrogen-bond acceptors (Lipinski definition) is 4. The maximum absolute atomic E-state index is 13.5. The van der Waals surface area contributed by atoms with E-state index < -0.39 is 5.82 Å². The predicted octanol–water partition coefficient (Wildman–Crippen LogP) is 4.79. The van der Waals surface area contributed by atoms with Gasteiger partial charge in [-0.25, -0.2) is 4.39 Å². The Kier molecular flexibility index (Phi) is 6.02. The number of furan rings is 1. The van der Waals surface area contributed by atoms with E-state index in [4.69, 9.17) is 4.42 Å². The first-order valence-corrected chi connectivity index (χ1v) is 11.5. The third-order valence-corrected chi connectivity index (χ3v) is 6.51. The molecule has 6 nitrogen and oxygen atoms in total. The van der Waals surface area contributed by atoms with Crippen LogP contribution in [0.3, 0.4) is 0 Å². The molecular weight excluding hydrogens is 433 g/mol. The normalized spacial score (nSPS) is 19.2. The summed E-state index contributed by atoms with van der Waals surface area (Å²) in [6.45, 7) is 1.70. The van der Waals surface area contributed by atoms with Crippen molar-refractivity contribution in [2.24, 2.45) is 0 Å². The predicted molar refractivity (Wildman–Crippen MR) is 130 cm³/mol.